The molecule has 0 aliphatic rings. The lowest BCUT2D eigenvalue weighted by Crippen LogP contribution is -1.93. The second kappa shape index (κ2) is 4.37. The van der Waals surface area contributed by atoms with Gasteiger partial charge in [-0.3, -0.25) is 0 Å². The molecule has 0 amide bonds. The van der Waals surface area contributed by atoms with Gasteiger partial charge in [0.2, 0.25) is 0 Å². The SMILES string of the molecule is Cc1nc(-c2ccc(Cl)cc2)nc2[nH]cc(Br)c12. The van der Waals surface area contributed by atoms with E-state index < -0.39 is 0 Å². The van der Waals surface area contributed by atoms with Gasteiger partial charge in [0.1, 0.15) is 5.65 Å². The average Bonchev–Trinajstić information content (AvgIpc) is 2.72. The maximum atomic E-state index is 5.88. The predicted molar refractivity (Wildman–Crippen MR) is 76.8 cm³/mol. The van der Waals surface area contributed by atoms with Gasteiger partial charge in [0.25, 0.3) is 0 Å². The van der Waals surface area contributed by atoms with Gasteiger partial charge in [-0.25, -0.2) is 9.97 Å². The summed E-state index contributed by atoms with van der Waals surface area (Å²) in [7, 11) is 0. The molecule has 0 saturated heterocycles. The van der Waals surface area contributed by atoms with Gasteiger partial charge in [0.05, 0.1) is 11.1 Å². The van der Waals surface area contributed by atoms with Gasteiger partial charge in [0.15, 0.2) is 5.82 Å². The number of hydrogen-bond donors (Lipinski definition) is 1. The largest absolute Gasteiger partial charge is 0.345 e. The van der Waals surface area contributed by atoms with Crippen LogP contribution in [-0.4, -0.2) is 15.0 Å². The summed E-state index contributed by atoms with van der Waals surface area (Å²) in [6.45, 7) is 1.97. The number of fused-ring (bicyclic) bond motifs is 1. The standard InChI is InChI=1S/C13H9BrClN3/c1-7-11-10(14)6-16-13(11)18-12(17-7)8-2-4-9(15)5-3-8/h2-6H,1H3,(H,16,17,18). The minimum absolute atomic E-state index is 0.700. The number of hydrogen-bond acceptors (Lipinski definition) is 2. The van der Waals surface area contributed by atoms with Gasteiger partial charge in [-0.2, -0.15) is 0 Å². The summed E-state index contributed by atoms with van der Waals surface area (Å²) in [4.78, 5) is 12.2. The monoisotopic (exact) mass is 321 g/mol. The fourth-order valence-electron chi connectivity index (χ4n) is 1.90. The van der Waals surface area contributed by atoms with Crippen LogP contribution in [0.4, 0.5) is 0 Å². The van der Waals surface area contributed by atoms with Crippen LogP contribution >= 0.6 is 27.5 Å². The average molecular weight is 323 g/mol. The third kappa shape index (κ3) is 1.91. The molecule has 2 aromatic heterocycles. The highest BCUT2D eigenvalue weighted by molar-refractivity contribution is 9.10. The van der Waals surface area contributed by atoms with E-state index in [0.29, 0.717) is 10.8 Å². The van der Waals surface area contributed by atoms with Gasteiger partial charge >= 0.3 is 0 Å². The molecular formula is C13H9BrClN3. The van der Waals surface area contributed by atoms with Gasteiger partial charge in [0, 0.05) is 21.3 Å². The predicted octanol–water partition coefficient (Wildman–Crippen LogP) is 4.35. The molecule has 0 aliphatic heterocycles. The summed E-state index contributed by atoms with van der Waals surface area (Å²) >= 11 is 9.35. The molecule has 18 heavy (non-hydrogen) atoms. The van der Waals surface area contributed by atoms with Crippen molar-refractivity contribution in [3.05, 3.63) is 45.7 Å². The Morgan fingerprint density at radius 1 is 1.17 bits per heavy atom. The third-order valence-corrected chi connectivity index (χ3v) is 3.64. The Bertz CT molecular complexity index is 719. The van der Waals surface area contributed by atoms with Gasteiger partial charge in [-0.1, -0.05) is 11.6 Å². The van der Waals surface area contributed by atoms with Crippen LogP contribution in [0.15, 0.2) is 34.9 Å². The van der Waals surface area contributed by atoms with E-state index in [1.165, 1.54) is 0 Å². The Hall–Kier alpha value is -1.39. The zero-order valence-electron chi connectivity index (χ0n) is 9.54. The van der Waals surface area contributed by atoms with Crippen molar-refractivity contribution in [2.24, 2.45) is 0 Å². The molecule has 3 rings (SSSR count). The van der Waals surface area contributed by atoms with Crippen molar-refractivity contribution < 1.29 is 0 Å². The first-order valence-corrected chi connectivity index (χ1v) is 6.59. The van der Waals surface area contributed by atoms with Crippen molar-refractivity contribution in [1.29, 1.82) is 0 Å². The van der Waals surface area contributed by atoms with Gasteiger partial charge in [-0.15, -0.1) is 0 Å². The molecule has 2 heterocycles. The number of aryl methyl sites for hydroxylation is 1. The lowest BCUT2D eigenvalue weighted by atomic mass is 10.2. The van der Waals surface area contributed by atoms with Gasteiger partial charge in [-0.05, 0) is 47.1 Å². The van der Waals surface area contributed by atoms with Crippen molar-refractivity contribution in [3.8, 4) is 11.4 Å². The molecule has 0 bridgehead atoms. The normalized spacial score (nSPS) is 11.1. The van der Waals surface area contributed by atoms with Crippen LogP contribution in [0, 0.1) is 6.92 Å². The fourth-order valence-corrected chi connectivity index (χ4v) is 2.61. The van der Waals surface area contributed by atoms with E-state index in [1.54, 1.807) is 0 Å². The summed E-state index contributed by atoms with van der Waals surface area (Å²) in [5.41, 5.74) is 2.73. The third-order valence-electron chi connectivity index (χ3n) is 2.77. The minimum atomic E-state index is 0.700. The Morgan fingerprint density at radius 2 is 1.89 bits per heavy atom. The molecule has 0 radical (unpaired) electrons. The molecule has 0 fully saturated rings. The Kier molecular flexibility index (Phi) is 2.84. The molecule has 1 N–H and O–H groups in total. The molecule has 3 aromatic rings. The summed E-state index contributed by atoms with van der Waals surface area (Å²) in [5.74, 6) is 0.700. The van der Waals surface area contributed by atoms with Gasteiger partial charge < -0.3 is 4.98 Å². The van der Waals surface area contributed by atoms with E-state index in [0.717, 1.165) is 26.8 Å². The maximum absolute atomic E-state index is 5.88. The number of halogens is 2. The number of aromatic amines is 1. The molecule has 5 heteroatoms. The highest BCUT2D eigenvalue weighted by Gasteiger charge is 2.10. The van der Waals surface area contributed by atoms with E-state index in [2.05, 4.69) is 30.9 Å². The van der Waals surface area contributed by atoms with Crippen molar-refractivity contribution in [1.82, 2.24) is 15.0 Å². The molecule has 0 aliphatic carbocycles. The second-order valence-electron chi connectivity index (χ2n) is 4.00. The zero-order chi connectivity index (χ0) is 12.7. The molecule has 0 atom stereocenters. The zero-order valence-corrected chi connectivity index (χ0v) is 11.9. The van der Waals surface area contributed by atoms with Crippen molar-refractivity contribution in [3.63, 3.8) is 0 Å². The topological polar surface area (TPSA) is 41.6 Å². The lowest BCUT2D eigenvalue weighted by Gasteiger charge is -2.03. The van der Waals surface area contributed by atoms with Crippen LogP contribution < -0.4 is 0 Å². The molecule has 3 nitrogen and oxygen atoms in total. The van der Waals surface area contributed by atoms with E-state index in [4.69, 9.17) is 11.6 Å². The molecule has 0 unspecified atom stereocenters. The minimum Gasteiger partial charge on any atom is -0.345 e. The highest BCUT2D eigenvalue weighted by Crippen LogP contribution is 2.27. The quantitative estimate of drug-likeness (QED) is 0.723. The highest BCUT2D eigenvalue weighted by atomic mass is 79.9. The fraction of sp³-hybridized carbons (Fsp3) is 0.0769. The first kappa shape index (κ1) is 11.7. The van der Waals surface area contributed by atoms with Crippen molar-refractivity contribution >= 4 is 38.6 Å². The summed E-state index contributed by atoms with van der Waals surface area (Å²) in [6, 6.07) is 7.51. The van der Waals surface area contributed by atoms with Crippen LogP contribution in [0.5, 0.6) is 0 Å². The number of rotatable bonds is 1. The Balaban J connectivity index is 2.21. The van der Waals surface area contributed by atoms with Crippen molar-refractivity contribution in [2.75, 3.05) is 0 Å². The first-order chi connectivity index (χ1) is 8.65. The molecule has 90 valence electrons. The Morgan fingerprint density at radius 3 is 2.61 bits per heavy atom. The van der Waals surface area contributed by atoms with E-state index in [-0.39, 0.29) is 0 Å². The summed E-state index contributed by atoms with van der Waals surface area (Å²) < 4.78 is 0.984. The molecule has 0 spiro atoms. The van der Waals surface area contributed by atoms with Crippen LogP contribution in [-0.2, 0) is 0 Å². The van der Waals surface area contributed by atoms with Crippen molar-refractivity contribution in [2.45, 2.75) is 6.92 Å². The Labute approximate surface area is 117 Å². The molecule has 0 saturated carbocycles. The van der Waals surface area contributed by atoms with Crippen LogP contribution in [0.1, 0.15) is 5.69 Å². The molecular weight excluding hydrogens is 314 g/mol. The van der Waals surface area contributed by atoms with E-state index in [1.807, 2.05) is 37.4 Å². The smallest absolute Gasteiger partial charge is 0.161 e. The summed E-state index contributed by atoms with van der Waals surface area (Å²) in [6.07, 6.45) is 1.87. The number of nitrogens with one attached hydrogen (secondary N) is 1. The number of H-pyrrole nitrogens is 1. The number of benzene rings is 1. The molecule has 1 aromatic carbocycles. The lowest BCUT2D eigenvalue weighted by molar-refractivity contribution is 1.15. The van der Waals surface area contributed by atoms with E-state index in [9.17, 15) is 0 Å². The van der Waals surface area contributed by atoms with Crippen LogP contribution in [0.3, 0.4) is 0 Å². The maximum Gasteiger partial charge on any atom is 0.161 e. The first-order valence-electron chi connectivity index (χ1n) is 5.42. The summed E-state index contributed by atoms with van der Waals surface area (Å²) in [5, 5.41) is 1.73. The van der Waals surface area contributed by atoms with Crippen LogP contribution in [0.25, 0.3) is 22.4 Å². The van der Waals surface area contributed by atoms with E-state index >= 15 is 0 Å². The number of aromatic nitrogens is 3. The second-order valence-corrected chi connectivity index (χ2v) is 5.29. The number of nitrogens with zero attached hydrogens (tertiary/aromatic N) is 2. The van der Waals surface area contributed by atoms with Crippen LogP contribution in [0.2, 0.25) is 5.02 Å².